The van der Waals surface area contributed by atoms with Crippen LogP contribution in [0.5, 0.6) is 5.75 Å². The number of hydrogen-bond acceptors (Lipinski definition) is 6. The normalized spacial score (nSPS) is 11.6. The first-order valence-corrected chi connectivity index (χ1v) is 7.94. The predicted molar refractivity (Wildman–Crippen MR) is 75.3 cm³/mol. The van der Waals surface area contributed by atoms with Crippen molar-refractivity contribution in [3.05, 3.63) is 35.0 Å². The summed E-state index contributed by atoms with van der Waals surface area (Å²) in [6.45, 7) is 5.51. The smallest absolute Gasteiger partial charge is 0.264 e. The summed E-state index contributed by atoms with van der Waals surface area (Å²) < 4.78 is 33.5. The van der Waals surface area contributed by atoms with Gasteiger partial charge in [-0.25, -0.2) is 13.6 Å². The molecule has 0 saturated heterocycles. The van der Waals surface area contributed by atoms with E-state index in [0.717, 1.165) is 0 Å². The van der Waals surface area contributed by atoms with Gasteiger partial charge in [0.05, 0.1) is 4.90 Å². The third kappa shape index (κ3) is 3.40. The molecule has 1 aromatic heterocycles. The van der Waals surface area contributed by atoms with Crippen LogP contribution in [0.4, 0.5) is 0 Å². The summed E-state index contributed by atoms with van der Waals surface area (Å²) in [6, 6.07) is 3.00. The zero-order chi connectivity index (χ0) is 15.6. The molecule has 21 heavy (non-hydrogen) atoms. The molecule has 1 aromatic carbocycles. The Bertz CT molecular complexity index is 753. The molecule has 1 heterocycles. The van der Waals surface area contributed by atoms with Gasteiger partial charge >= 0.3 is 0 Å². The van der Waals surface area contributed by atoms with Gasteiger partial charge < -0.3 is 9.26 Å². The summed E-state index contributed by atoms with van der Waals surface area (Å²) in [7, 11) is -3.74. The zero-order valence-electron chi connectivity index (χ0n) is 12.1. The molecule has 0 fully saturated rings. The molecule has 114 valence electrons. The quantitative estimate of drug-likeness (QED) is 0.895. The average Bonchev–Trinajstić information content (AvgIpc) is 2.87. The standard InChI is InChI=1S/C13H17N3O4S/c1-4-12-15-13(20-16-12)7-19-10-5-6-11(21(14,17)18)9(3)8(10)2/h5-6H,4,7H2,1-3H3,(H2,14,17,18). The second-order valence-electron chi connectivity index (χ2n) is 4.60. The van der Waals surface area contributed by atoms with Crippen LogP contribution in [0.3, 0.4) is 0 Å². The van der Waals surface area contributed by atoms with Crippen LogP contribution in [-0.2, 0) is 23.1 Å². The minimum Gasteiger partial charge on any atom is -0.483 e. The van der Waals surface area contributed by atoms with E-state index in [4.69, 9.17) is 14.4 Å². The molecule has 0 spiro atoms. The third-order valence-corrected chi connectivity index (χ3v) is 4.23. The lowest BCUT2D eigenvalue weighted by Crippen LogP contribution is -2.14. The van der Waals surface area contributed by atoms with Crippen molar-refractivity contribution in [1.82, 2.24) is 10.1 Å². The maximum atomic E-state index is 11.4. The van der Waals surface area contributed by atoms with Gasteiger partial charge in [0.2, 0.25) is 10.0 Å². The zero-order valence-corrected chi connectivity index (χ0v) is 12.9. The number of hydrogen-bond donors (Lipinski definition) is 1. The van der Waals surface area contributed by atoms with E-state index < -0.39 is 10.0 Å². The Morgan fingerprint density at radius 3 is 2.57 bits per heavy atom. The van der Waals surface area contributed by atoms with Crippen molar-refractivity contribution < 1.29 is 17.7 Å². The van der Waals surface area contributed by atoms with Crippen LogP contribution < -0.4 is 9.88 Å². The van der Waals surface area contributed by atoms with E-state index in [2.05, 4.69) is 10.1 Å². The van der Waals surface area contributed by atoms with E-state index in [1.165, 1.54) is 6.07 Å². The molecule has 0 aliphatic carbocycles. The van der Waals surface area contributed by atoms with Crippen LogP contribution in [-0.4, -0.2) is 18.6 Å². The molecule has 2 rings (SSSR count). The number of aryl methyl sites for hydroxylation is 1. The molecule has 0 bridgehead atoms. The van der Waals surface area contributed by atoms with Crippen LogP contribution in [0.15, 0.2) is 21.6 Å². The molecule has 0 radical (unpaired) electrons. The van der Waals surface area contributed by atoms with Gasteiger partial charge in [0, 0.05) is 6.42 Å². The number of ether oxygens (including phenoxy) is 1. The lowest BCUT2D eigenvalue weighted by molar-refractivity contribution is 0.241. The van der Waals surface area contributed by atoms with Gasteiger partial charge in [0.1, 0.15) is 5.75 Å². The molecule has 0 saturated carbocycles. The highest BCUT2D eigenvalue weighted by molar-refractivity contribution is 7.89. The van der Waals surface area contributed by atoms with E-state index >= 15 is 0 Å². The van der Waals surface area contributed by atoms with Crippen LogP contribution in [0.25, 0.3) is 0 Å². The summed E-state index contributed by atoms with van der Waals surface area (Å²) in [4.78, 5) is 4.23. The molecule has 0 aliphatic rings. The fourth-order valence-corrected chi connectivity index (χ4v) is 2.71. The van der Waals surface area contributed by atoms with Crippen molar-refractivity contribution >= 4 is 10.0 Å². The average molecular weight is 311 g/mol. The van der Waals surface area contributed by atoms with Crippen molar-refractivity contribution in [2.24, 2.45) is 5.14 Å². The molecule has 0 unspecified atom stereocenters. The predicted octanol–water partition coefficient (Wildman–Crippen LogP) is 1.48. The summed E-state index contributed by atoms with van der Waals surface area (Å²) in [5.41, 5.74) is 1.27. The van der Waals surface area contributed by atoms with Crippen LogP contribution >= 0.6 is 0 Å². The first kappa shape index (κ1) is 15.5. The number of sulfonamides is 1. The minimum atomic E-state index is -3.74. The van der Waals surface area contributed by atoms with Gasteiger partial charge in [-0.1, -0.05) is 12.1 Å². The summed E-state index contributed by atoms with van der Waals surface area (Å²) in [5, 5.41) is 8.93. The fraction of sp³-hybridized carbons (Fsp3) is 0.385. The number of primary sulfonamides is 1. The van der Waals surface area contributed by atoms with Gasteiger partial charge in [0.25, 0.3) is 5.89 Å². The van der Waals surface area contributed by atoms with Gasteiger partial charge in [-0.3, -0.25) is 0 Å². The Morgan fingerprint density at radius 1 is 1.29 bits per heavy atom. The minimum absolute atomic E-state index is 0.0957. The van der Waals surface area contributed by atoms with Crippen molar-refractivity contribution in [3.8, 4) is 5.75 Å². The SMILES string of the molecule is CCc1noc(COc2ccc(S(N)(=O)=O)c(C)c2C)n1. The highest BCUT2D eigenvalue weighted by Crippen LogP contribution is 2.27. The van der Waals surface area contributed by atoms with Gasteiger partial charge in [-0.05, 0) is 37.1 Å². The topological polar surface area (TPSA) is 108 Å². The molecular weight excluding hydrogens is 294 g/mol. The number of benzene rings is 1. The van der Waals surface area contributed by atoms with E-state index in [-0.39, 0.29) is 11.5 Å². The second kappa shape index (κ2) is 5.82. The van der Waals surface area contributed by atoms with Crippen LogP contribution in [0.2, 0.25) is 0 Å². The highest BCUT2D eigenvalue weighted by Gasteiger charge is 2.16. The van der Waals surface area contributed by atoms with Crippen molar-refractivity contribution in [2.75, 3.05) is 0 Å². The van der Waals surface area contributed by atoms with E-state index in [0.29, 0.717) is 35.0 Å². The molecule has 8 heteroatoms. The van der Waals surface area contributed by atoms with Crippen molar-refractivity contribution in [2.45, 2.75) is 38.7 Å². The molecule has 2 aromatic rings. The third-order valence-electron chi connectivity index (χ3n) is 3.17. The Kier molecular flexibility index (Phi) is 4.29. The Balaban J connectivity index is 2.20. The fourth-order valence-electron chi connectivity index (χ4n) is 1.87. The van der Waals surface area contributed by atoms with E-state index in [9.17, 15) is 8.42 Å². The molecule has 0 atom stereocenters. The van der Waals surface area contributed by atoms with Crippen molar-refractivity contribution in [3.63, 3.8) is 0 Å². The highest BCUT2D eigenvalue weighted by atomic mass is 32.2. The largest absolute Gasteiger partial charge is 0.483 e. The molecule has 7 nitrogen and oxygen atoms in total. The molecular formula is C13H17N3O4S. The summed E-state index contributed by atoms with van der Waals surface area (Å²) in [6.07, 6.45) is 0.685. The Morgan fingerprint density at radius 2 is 2.00 bits per heavy atom. The lowest BCUT2D eigenvalue weighted by atomic mass is 10.1. The molecule has 0 aliphatic heterocycles. The summed E-state index contributed by atoms with van der Waals surface area (Å²) >= 11 is 0. The summed E-state index contributed by atoms with van der Waals surface area (Å²) in [5.74, 6) is 1.54. The second-order valence-corrected chi connectivity index (χ2v) is 6.13. The Hall–Kier alpha value is -1.93. The maximum Gasteiger partial charge on any atom is 0.264 e. The van der Waals surface area contributed by atoms with Gasteiger partial charge in [0.15, 0.2) is 12.4 Å². The van der Waals surface area contributed by atoms with E-state index in [1.807, 2.05) is 6.92 Å². The van der Waals surface area contributed by atoms with Crippen LogP contribution in [0.1, 0.15) is 29.8 Å². The van der Waals surface area contributed by atoms with Crippen molar-refractivity contribution in [1.29, 1.82) is 0 Å². The monoisotopic (exact) mass is 311 g/mol. The lowest BCUT2D eigenvalue weighted by Gasteiger charge is -2.12. The number of aromatic nitrogens is 2. The number of rotatable bonds is 5. The first-order chi connectivity index (χ1) is 9.82. The Labute approximate surface area is 123 Å². The molecule has 0 amide bonds. The van der Waals surface area contributed by atoms with Gasteiger partial charge in [-0.2, -0.15) is 4.98 Å². The van der Waals surface area contributed by atoms with Gasteiger partial charge in [-0.15, -0.1) is 0 Å². The van der Waals surface area contributed by atoms with E-state index in [1.54, 1.807) is 19.9 Å². The number of nitrogens with zero attached hydrogens (tertiary/aromatic N) is 2. The number of nitrogens with two attached hydrogens (primary N) is 1. The molecule has 2 N–H and O–H groups in total. The maximum absolute atomic E-state index is 11.4. The first-order valence-electron chi connectivity index (χ1n) is 6.40. The van der Waals surface area contributed by atoms with Crippen LogP contribution in [0, 0.1) is 13.8 Å².